The van der Waals surface area contributed by atoms with E-state index in [1.165, 1.54) is 44.1 Å². The highest BCUT2D eigenvalue weighted by molar-refractivity contribution is 5.85. The molecule has 1 aromatic carbocycles. The molecule has 0 aliphatic carbocycles. The molecule has 22 heavy (non-hydrogen) atoms. The number of benzene rings is 1. The number of aryl methyl sites for hydroxylation is 1. The lowest BCUT2D eigenvalue weighted by Crippen LogP contribution is -2.14. The molecule has 0 spiro atoms. The molecule has 0 aliphatic rings. The molecular formula is C18H30ClNO2. The minimum absolute atomic E-state index is 0. The Labute approximate surface area is 140 Å². The third-order valence-corrected chi connectivity index (χ3v) is 3.69. The molecule has 1 rings (SSSR count). The highest BCUT2D eigenvalue weighted by atomic mass is 35.5. The average Bonchev–Trinajstić information content (AvgIpc) is 2.49. The zero-order chi connectivity index (χ0) is 15.3. The summed E-state index contributed by atoms with van der Waals surface area (Å²) in [5, 5.41) is 12.1. The number of hydrogen-bond acceptors (Lipinski definition) is 2. The van der Waals surface area contributed by atoms with Crippen LogP contribution >= 0.6 is 12.4 Å². The van der Waals surface area contributed by atoms with Crippen molar-refractivity contribution in [2.45, 2.75) is 64.8 Å². The standard InChI is InChI=1S/C18H29NO2.ClH/c1-2-3-4-5-6-7-14-19-15-17-10-8-16(9-11-17)12-13-18(20)21;/h8-11,19H,2-7,12-15H2,1H3,(H,20,21);1H. The molecule has 0 heterocycles. The number of carboxylic acid groups (broad SMARTS) is 1. The van der Waals surface area contributed by atoms with Crippen LogP contribution < -0.4 is 5.32 Å². The van der Waals surface area contributed by atoms with E-state index in [2.05, 4.69) is 24.4 Å². The minimum Gasteiger partial charge on any atom is -0.481 e. The molecule has 0 unspecified atom stereocenters. The van der Waals surface area contributed by atoms with Crippen LogP contribution in [0.4, 0.5) is 0 Å². The predicted octanol–water partition coefficient (Wildman–Crippen LogP) is 4.58. The highest BCUT2D eigenvalue weighted by Crippen LogP contribution is 2.07. The lowest BCUT2D eigenvalue weighted by molar-refractivity contribution is -0.136. The summed E-state index contributed by atoms with van der Waals surface area (Å²) in [6.07, 6.45) is 8.78. The van der Waals surface area contributed by atoms with Crippen LogP contribution in [-0.4, -0.2) is 17.6 Å². The van der Waals surface area contributed by atoms with Crippen LogP contribution in [0.15, 0.2) is 24.3 Å². The predicted molar refractivity (Wildman–Crippen MR) is 94.7 cm³/mol. The van der Waals surface area contributed by atoms with Gasteiger partial charge in [0.25, 0.3) is 0 Å². The fourth-order valence-corrected chi connectivity index (χ4v) is 2.34. The summed E-state index contributed by atoms with van der Waals surface area (Å²) in [7, 11) is 0. The molecule has 0 bridgehead atoms. The number of halogens is 1. The molecule has 1 aromatic rings. The quantitative estimate of drug-likeness (QED) is 0.553. The molecule has 0 saturated carbocycles. The van der Waals surface area contributed by atoms with Crippen molar-refractivity contribution in [3.8, 4) is 0 Å². The number of hydrogen-bond donors (Lipinski definition) is 2. The summed E-state index contributed by atoms with van der Waals surface area (Å²) >= 11 is 0. The maximum Gasteiger partial charge on any atom is 0.303 e. The summed E-state index contributed by atoms with van der Waals surface area (Å²) in [5.74, 6) is -0.736. The van der Waals surface area contributed by atoms with Crippen molar-refractivity contribution in [1.29, 1.82) is 0 Å². The van der Waals surface area contributed by atoms with Gasteiger partial charge < -0.3 is 10.4 Å². The van der Waals surface area contributed by atoms with Crippen molar-refractivity contribution in [2.75, 3.05) is 6.54 Å². The Balaban J connectivity index is 0.00000441. The van der Waals surface area contributed by atoms with Crippen LogP contribution in [0.1, 0.15) is 63.0 Å². The van der Waals surface area contributed by atoms with Gasteiger partial charge in [-0.3, -0.25) is 4.79 Å². The van der Waals surface area contributed by atoms with E-state index < -0.39 is 5.97 Å². The normalized spacial score (nSPS) is 10.2. The van der Waals surface area contributed by atoms with Gasteiger partial charge >= 0.3 is 5.97 Å². The van der Waals surface area contributed by atoms with Gasteiger partial charge in [-0.1, -0.05) is 63.3 Å². The van der Waals surface area contributed by atoms with Gasteiger partial charge in [-0.2, -0.15) is 0 Å². The lowest BCUT2D eigenvalue weighted by atomic mass is 10.1. The first-order valence-corrected chi connectivity index (χ1v) is 8.22. The first-order chi connectivity index (χ1) is 10.2. The maximum atomic E-state index is 10.5. The van der Waals surface area contributed by atoms with E-state index in [0.717, 1.165) is 18.7 Å². The largest absolute Gasteiger partial charge is 0.481 e. The smallest absolute Gasteiger partial charge is 0.303 e. The fraction of sp³-hybridized carbons (Fsp3) is 0.611. The number of rotatable bonds is 12. The van der Waals surface area contributed by atoms with Crippen molar-refractivity contribution < 1.29 is 9.90 Å². The van der Waals surface area contributed by atoms with Crippen molar-refractivity contribution in [2.24, 2.45) is 0 Å². The van der Waals surface area contributed by atoms with Gasteiger partial charge in [0.2, 0.25) is 0 Å². The van der Waals surface area contributed by atoms with E-state index in [-0.39, 0.29) is 18.8 Å². The van der Waals surface area contributed by atoms with Gasteiger partial charge in [0.05, 0.1) is 0 Å². The van der Waals surface area contributed by atoms with Gasteiger partial charge in [-0.15, -0.1) is 12.4 Å². The fourth-order valence-electron chi connectivity index (χ4n) is 2.34. The topological polar surface area (TPSA) is 49.3 Å². The van der Waals surface area contributed by atoms with Crippen molar-refractivity contribution in [1.82, 2.24) is 5.32 Å². The Hall–Kier alpha value is -1.06. The molecule has 0 aliphatic heterocycles. The summed E-state index contributed by atoms with van der Waals surface area (Å²) in [6.45, 7) is 4.22. The molecule has 0 fully saturated rings. The second kappa shape index (κ2) is 13.6. The molecule has 3 nitrogen and oxygen atoms in total. The number of nitrogens with one attached hydrogen (secondary N) is 1. The first-order valence-electron chi connectivity index (χ1n) is 8.22. The van der Waals surface area contributed by atoms with Crippen molar-refractivity contribution in [3.05, 3.63) is 35.4 Å². The Kier molecular flexibility index (Phi) is 12.9. The van der Waals surface area contributed by atoms with Gasteiger partial charge in [-0.25, -0.2) is 0 Å². The number of carbonyl (C=O) groups is 1. The zero-order valence-electron chi connectivity index (χ0n) is 13.6. The van der Waals surface area contributed by atoms with Crippen molar-refractivity contribution in [3.63, 3.8) is 0 Å². The Morgan fingerprint density at radius 3 is 2.23 bits per heavy atom. The van der Waals surface area contributed by atoms with E-state index in [1.807, 2.05) is 12.1 Å². The van der Waals surface area contributed by atoms with Crippen LogP contribution in [0.5, 0.6) is 0 Å². The van der Waals surface area contributed by atoms with Crippen molar-refractivity contribution >= 4 is 18.4 Å². The third kappa shape index (κ3) is 10.6. The van der Waals surface area contributed by atoms with Gasteiger partial charge in [0.15, 0.2) is 0 Å². The molecule has 0 radical (unpaired) electrons. The minimum atomic E-state index is -0.736. The molecule has 0 amide bonds. The molecule has 0 atom stereocenters. The molecule has 0 aromatic heterocycles. The summed E-state index contributed by atoms with van der Waals surface area (Å²) in [4.78, 5) is 10.5. The highest BCUT2D eigenvalue weighted by Gasteiger charge is 1.99. The van der Waals surface area contributed by atoms with Crippen LogP contribution in [-0.2, 0) is 17.8 Å². The van der Waals surface area contributed by atoms with E-state index in [9.17, 15) is 4.79 Å². The number of carboxylic acids is 1. The zero-order valence-corrected chi connectivity index (χ0v) is 14.5. The Morgan fingerprint density at radius 2 is 1.59 bits per heavy atom. The van der Waals surface area contributed by atoms with Crippen LogP contribution in [0.25, 0.3) is 0 Å². The third-order valence-electron chi connectivity index (χ3n) is 3.69. The Bertz CT molecular complexity index is 393. The Morgan fingerprint density at radius 1 is 1.00 bits per heavy atom. The van der Waals surface area contributed by atoms with Crippen LogP contribution in [0.3, 0.4) is 0 Å². The summed E-state index contributed by atoms with van der Waals surface area (Å²) < 4.78 is 0. The van der Waals surface area contributed by atoms with E-state index in [1.54, 1.807) is 0 Å². The second-order valence-corrected chi connectivity index (χ2v) is 5.65. The molecule has 4 heteroatoms. The average molecular weight is 328 g/mol. The number of unbranched alkanes of at least 4 members (excludes halogenated alkanes) is 5. The lowest BCUT2D eigenvalue weighted by Gasteiger charge is -2.06. The summed E-state index contributed by atoms with van der Waals surface area (Å²) in [5.41, 5.74) is 2.36. The maximum absolute atomic E-state index is 10.5. The monoisotopic (exact) mass is 327 g/mol. The van der Waals surface area contributed by atoms with E-state index in [0.29, 0.717) is 6.42 Å². The SMILES string of the molecule is CCCCCCCCNCc1ccc(CCC(=O)O)cc1.Cl. The van der Waals surface area contributed by atoms with E-state index in [4.69, 9.17) is 5.11 Å². The molecule has 2 N–H and O–H groups in total. The molecule has 126 valence electrons. The first kappa shape index (κ1) is 20.9. The van der Waals surface area contributed by atoms with Gasteiger partial charge in [-0.05, 0) is 30.5 Å². The molecular weight excluding hydrogens is 298 g/mol. The van der Waals surface area contributed by atoms with E-state index >= 15 is 0 Å². The van der Waals surface area contributed by atoms with Gasteiger partial charge in [0, 0.05) is 13.0 Å². The second-order valence-electron chi connectivity index (χ2n) is 5.65. The van der Waals surface area contributed by atoms with Crippen LogP contribution in [0.2, 0.25) is 0 Å². The molecule has 0 saturated heterocycles. The van der Waals surface area contributed by atoms with Gasteiger partial charge in [0.1, 0.15) is 0 Å². The number of aliphatic carboxylic acids is 1. The summed E-state index contributed by atoms with van der Waals surface area (Å²) in [6, 6.07) is 8.24. The van der Waals surface area contributed by atoms with Crippen LogP contribution in [0, 0.1) is 0 Å².